The molecule has 2 aliphatic rings. The van der Waals surface area contributed by atoms with E-state index in [9.17, 15) is 4.79 Å². The van der Waals surface area contributed by atoms with E-state index in [0.717, 1.165) is 19.0 Å². The van der Waals surface area contributed by atoms with Gasteiger partial charge in [-0.1, -0.05) is 20.8 Å². The molecule has 0 bridgehead atoms. The molecule has 1 heterocycles. The van der Waals surface area contributed by atoms with Gasteiger partial charge in [-0.15, -0.1) is 0 Å². The monoisotopic (exact) mass is 310 g/mol. The lowest BCUT2D eigenvalue weighted by molar-refractivity contribution is 0.0426. The molecule has 1 N–H and O–H groups in total. The molecule has 128 valence electrons. The summed E-state index contributed by atoms with van der Waals surface area (Å²) in [6, 6.07) is 0.974. The van der Waals surface area contributed by atoms with Gasteiger partial charge in [0.25, 0.3) is 0 Å². The SMILES string of the molecule is CC(C)(C)CC1CC(NC(=O)OC(C)(C)C)CN(C2CC2)C1. The Balaban J connectivity index is 1.92. The standard InChI is InChI=1S/C18H34N2O2/c1-17(2,3)10-13-9-14(12-20(11-13)15-7-8-15)19-16(21)22-18(4,5)6/h13-15H,7-12H2,1-6H3,(H,19,21). The van der Waals surface area contributed by atoms with Crippen molar-refractivity contribution in [2.24, 2.45) is 11.3 Å². The maximum Gasteiger partial charge on any atom is 0.407 e. The van der Waals surface area contributed by atoms with Crippen molar-refractivity contribution in [3.05, 3.63) is 0 Å². The molecule has 0 spiro atoms. The molecule has 0 aromatic heterocycles. The van der Waals surface area contributed by atoms with Crippen LogP contribution in [0.4, 0.5) is 4.79 Å². The number of hydrogen-bond acceptors (Lipinski definition) is 3. The minimum absolute atomic E-state index is 0.219. The molecule has 0 aromatic rings. The second kappa shape index (κ2) is 6.38. The van der Waals surface area contributed by atoms with Crippen molar-refractivity contribution in [1.82, 2.24) is 10.2 Å². The van der Waals surface area contributed by atoms with E-state index in [4.69, 9.17) is 4.74 Å². The van der Waals surface area contributed by atoms with Gasteiger partial charge in [-0.3, -0.25) is 4.90 Å². The fraction of sp³-hybridized carbons (Fsp3) is 0.944. The van der Waals surface area contributed by atoms with Crippen LogP contribution in [-0.4, -0.2) is 41.8 Å². The summed E-state index contributed by atoms with van der Waals surface area (Å²) in [7, 11) is 0. The summed E-state index contributed by atoms with van der Waals surface area (Å²) in [5, 5.41) is 3.10. The maximum atomic E-state index is 12.1. The van der Waals surface area contributed by atoms with E-state index < -0.39 is 5.60 Å². The highest BCUT2D eigenvalue weighted by Gasteiger charge is 2.37. The van der Waals surface area contributed by atoms with Crippen LogP contribution in [-0.2, 0) is 4.74 Å². The van der Waals surface area contributed by atoms with E-state index in [1.165, 1.54) is 25.8 Å². The molecule has 4 heteroatoms. The van der Waals surface area contributed by atoms with Gasteiger partial charge in [0.15, 0.2) is 0 Å². The Hall–Kier alpha value is -0.770. The molecule has 1 saturated carbocycles. The number of piperidine rings is 1. The molecule has 22 heavy (non-hydrogen) atoms. The topological polar surface area (TPSA) is 41.6 Å². The van der Waals surface area contributed by atoms with Crippen molar-refractivity contribution < 1.29 is 9.53 Å². The second-order valence-electron chi connectivity index (χ2n) is 9.39. The minimum atomic E-state index is -0.431. The van der Waals surface area contributed by atoms with Crippen LogP contribution in [0.2, 0.25) is 0 Å². The molecule has 1 saturated heterocycles. The average molecular weight is 310 g/mol. The van der Waals surface area contributed by atoms with Crippen molar-refractivity contribution in [2.75, 3.05) is 13.1 Å². The quantitative estimate of drug-likeness (QED) is 0.862. The molecule has 2 fully saturated rings. The summed E-state index contributed by atoms with van der Waals surface area (Å²) in [4.78, 5) is 14.6. The summed E-state index contributed by atoms with van der Waals surface area (Å²) < 4.78 is 5.42. The number of carbonyl (C=O) groups excluding carboxylic acids is 1. The van der Waals surface area contributed by atoms with Crippen LogP contribution in [0.5, 0.6) is 0 Å². The third-order valence-corrected chi connectivity index (χ3v) is 4.25. The molecule has 1 aliphatic carbocycles. The van der Waals surface area contributed by atoms with Crippen LogP contribution in [0.15, 0.2) is 0 Å². The minimum Gasteiger partial charge on any atom is -0.444 e. The van der Waals surface area contributed by atoms with Crippen molar-refractivity contribution in [1.29, 1.82) is 0 Å². The number of likely N-dealkylation sites (tertiary alicyclic amines) is 1. The number of ether oxygens (including phenoxy) is 1. The first-order chi connectivity index (χ1) is 10.0. The van der Waals surface area contributed by atoms with Crippen molar-refractivity contribution in [3.8, 4) is 0 Å². The van der Waals surface area contributed by atoms with E-state index in [-0.39, 0.29) is 12.1 Å². The van der Waals surface area contributed by atoms with Gasteiger partial charge < -0.3 is 10.1 Å². The Kier molecular flexibility index (Phi) is 5.10. The van der Waals surface area contributed by atoms with Crippen LogP contribution >= 0.6 is 0 Å². The third kappa shape index (κ3) is 6.15. The highest BCUT2D eigenvalue weighted by molar-refractivity contribution is 5.68. The summed E-state index contributed by atoms with van der Waals surface area (Å²) >= 11 is 0. The number of alkyl carbamates (subject to hydrolysis) is 1. The van der Waals surface area contributed by atoms with Gasteiger partial charge in [-0.2, -0.15) is 0 Å². The molecular weight excluding hydrogens is 276 g/mol. The fourth-order valence-electron chi connectivity index (χ4n) is 3.57. The van der Waals surface area contributed by atoms with Gasteiger partial charge in [-0.05, 0) is 57.8 Å². The molecule has 0 radical (unpaired) electrons. The molecule has 2 atom stereocenters. The number of carbonyl (C=O) groups is 1. The van der Waals surface area contributed by atoms with E-state index in [2.05, 4.69) is 31.0 Å². The second-order valence-corrected chi connectivity index (χ2v) is 9.39. The molecular formula is C18H34N2O2. The summed E-state index contributed by atoms with van der Waals surface area (Å²) in [6.45, 7) is 14.8. The molecule has 1 aliphatic heterocycles. The zero-order valence-electron chi connectivity index (χ0n) is 15.2. The maximum absolute atomic E-state index is 12.1. The van der Waals surface area contributed by atoms with Crippen molar-refractivity contribution in [3.63, 3.8) is 0 Å². The molecule has 2 unspecified atom stereocenters. The van der Waals surface area contributed by atoms with E-state index >= 15 is 0 Å². The van der Waals surface area contributed by atoms with E-state index in [0.29, 0.717) is 11.3 Å². The number of rotatable bonds is 3. The van der Waals surface area contributed by atoms with Crippen LogP contribution in [0, 0.1) is 11.3 Å². The smallest absolute Gasteiger partial charge is 0.407 e. The van der Waals surface area contributed by atoms with Gasteiger partial charge in [0.05, 0.1) is 0 Å². The normalized spacial score (nSPS) is 27.5. The van der Waals surface area contributed by atoms with E-state index in [1.807, 2.05) is 20.8 Å². The summed E-state index contributed by atoms with van der Waals surface area (Å²) in [5.74, 6) is 0.661. The highest BCUT2D eigenvalue weighted by atomic mass is 16.6. The average Bonchev–Trinajstić information content (AvgIpc) is 3.05. The lowest BCUT2D eigenvalue weighted by Gasteiger charge is -2.40. The summed E-state index contributed by atoms with van der Waals surface area (Å²) in [5.41, 5.74) is -0.0898. The summed E-state index contributed by atoms with van der Waals surface area (Å²) in [6.07, 6.45) is 4.65. The fourth-order valence-corrected chi connectivity index (χ4v) is 3.57. The first-order valence-corrected chi connectivity index (χ1v) is 8.75. The zero-order chi connectivity index (χ0) is 16.5. The third-order valence-electron chi connectivity index (χ3n) is 4.25. The van der Waals surface area contributed by atoms with Crippen LogP contribution in [0.3, 0.4) is 0 Å². The van der Waals surface area contributed by atoms with Crippen molar-refractivity contribution in [2.45, 2.75) is 84.9 Å². The van der Waals surface area contributed by atoms with Gasteiger partial charge in [0.2, 0.25) is 0 Å². The first kappa shape index (κ1) is 17.6. The van der Waals surface area contributed by atoms with Crippen LogP contribution < -0.4 is 5.32 Å². The Bertz CT molecular complexity index is 391. The largest absolute Gasteiger partial charge is 0.444 e. The number of nitrogens with one attached hydrogen (secondary N) is 1. The Morgan fingerprint density at radius 1 is 1.14 bits per heavy atom. The number of nitrogens with zero attached hydrogens (tertiary/aromatic N) is 1. The molecule has 1 amide bonds. The van der Waals surface area contributed by atoms with E-state index in [1.54, 1.807) is 0 Å². The lowest BCUT2D eigenvalue weighted by atomic mass is 9.80. The Morgan fingerprint density at radius 3 is 2.27 bits per heavy atom. The van der Waals surface area contributed by atoms with Crippen LogP contribution in [0.25, 0.3) is 0 Å². The van der Waals surface area contributed by atoms with Gasteiger partial charge in [0, 0.05) is 25.2 Å². The first-order valence-electron chi connectivity index (χ1n) is 8.75. The number of hydrogen-bond donors (Lipinski definition) is 1. The molecule has 4 nitrogen and oxygen atoms in total. The Labute approximate surface area is 136 Å². The predicted octanol–water partition coefficient (Wildman–Crippen LogP) is 3.80. The van der Waals surface area contributed by atoms with Crippen molar-refractivity contribution >= 4 is 6.09 Å². The molecule has 2 rings (SSSR count). The number of amides is 1. The highest BCUT2D eigenvalue weighted by Crippen LogP contribution is 2.35. The van der Waals surface area contributed by atoms with Gasteiger partial charge >= 0.3 is 6.09 Å². The Morgan fingerprint density at radius 2 is 1.77 bits per heavy atom. The predicted molar refractivity (Wildman–Crippen MR) is 89.9 cm³/mol. The molecule has 0 aromatic carbocycles. The lowest BCUT2D eigenvalue weighted by Crippen LogP contribution is -2.52. The van der Waals surface area contributed by atoms with Crippen LogP contribution in [0.1, 0.15) is 67.2 Å². The van der Waals surface area contributed by atoms with Gasteiger partial charge in [0.1, 0.15) is 5.60 Å². The zero-order valence-corrected chi connectivity index (χ0v) is 15.2. The van der Waals surface area contributed by atoms with Gasteiger partial charge in [-0.25, -0.2) is 4.79 Å².